The molecule has 0 atom stereocenters. The maximum absolute atomic E-state index is 4.23. The van der Waals surface area contributed by atoms with Crippen LogP contribution < -0.4 is 5.32 Å². The number of nitrogens with zero attached hydrogens (tertiary/aromatic N) is 2. The largest absolute Gasteiger partial charge is 0.324 e. The van der Waals surface area contributed by atoms with Gasteiger partial charge in [0.15, 0.2) is 0 Å². The first-order valence-electron chi connectivity index (χ1n) is 5.22. The third-order valence-corrected chi connectivity index (χ3v) is 3.37. The van der Waals surface area contributed by atoms with Gasteiger partial charge in [-0.3, -0.25) is 0 Å². The highest BCUT2D eigenvalue weighted by Gasteiger charge is 2.03. The van der Waals surface area contributed by atoms with Crippen molar-refractivity contribution in [2.24, 2.45) is 0 Å². The van der Waals surface area contributed by atoms with Crippen LogP contribution in [-0.4, -0.2) is 9.97 Å². The van der Waals surface area contributed by atoms with Gasteiger partial charge in [-0.05, 0) is 52.8 Å². The molecule has 0 fully saturated rings. The Morgan fingerprint density at radius 2 is 2.00 bits per heavy atom. The van der Waals surface area contributed by atoms with Crippen molar-refractivity contribution in [1.82, 2.24) is 9.97 Å². The van der Waals surface area contributed by atoms with Crippen LogP contribution in [0.1, 0.15) is 12.5 Å². The molecule has 0 aliphatic rings. The minimum absolute atomic E-state index is 0.627. The minimum atomic E-state index is 0.627. The number of rotatable bonds is 3. The summed E-state index contributed by atoms with van der Waals surface area (Å²) < 4.78 is 2.11. The molecule has 0 spiro atoms. The third kappa shape index (κ3) is 3.38. The Morgan fingerprint density at radius 1 is 1.29 bits per heavy atom. The fourth-order valence-corrected chi connectivity index (χ4v) is 2.16. The van der Waals surface area contributed by atoms with Crippen molar-refractivity contribution in [2.45, 2.75) is 13.3 Å². The Kier molecular flexibility index (Phi) is 4.33. The van der Waals surface area contributed by atoms with Gasteiger partial charge in [0, 0.05) is 26.1 Å². The first-order valence-corrected chi connectivity index (χ1v) is 7.09. The quantitative estimate of drug-likeness (QED) is 0.782. The zero-order chi connectivity index (χ0) is 12.3. The summed E-state index contributed by atoms with van der Waals surface area (Å²) in [6, 6.07) is 6.15. The second kappa shape index (κ2) is 5.77. The summed E-state index contributed by atoms with van der Waals surface area (Å²) in [5, 5.41) is 3.23. The van der Waals surface area contributed by atoms with Crippen molar-refractivity contribution in [3.05, 3.63) is 44.2 Å². The Bertz CT molecular complexity index is 514. The highest BCUT2D eigenvalue weighted by atomic mass is 127. The zero-order valence-corrected chi connectivity index (χ0v) is 13.0. The van der Waals surface area contributed by atoms with Crippen molar-refractivity contribution >= 4 is 50.2 Å². The summed E-state index contributed by atoms with van der Waals surface area (Å²) in [6.07, 6.45) is 4.55. The molecule has 1 heterocycles. The minimum Gasteiger partial charge on any atom is -0.324 e. The van der Waals surface area contributed by atoms with E-state index in [2.05, 4.69) is 66.8 Å². The average Bonchev–Trinajstić information content (AvgIpc) is 2.34. The molecular formula is C12H11BrIN3. The van der Waals surface area contributed by atoms with Crippen LogP contribution >= 0.6 is 38.5 Å². The molecule has 0 aliphatic carbocycles. The normalized spacial score (nSPS) is 10.3. The highest BCUT2D eigenvalue weighted by Crippen LogP contribution is 2.23. The van der Waals surface area contributed by atoms with Crippen molar-refractivity contribution < 1.29 is 0 Å². The lowest BCUT2D eigenvalue weighted by Crippen LogP contribution is -1.99. The predicted molar refractivity (Wildman–Crippen MR) is 81.6 cm³/mol. The first kappa shape index (κ1) is 12.8. The summed E-state index contributed by atoms with van der Waals surface area (Å²) in [5.41, 5.74) is 2.29. The molecule has 17 heavy (non-hydrogen) atoms. The molecule has 0 unspecified atom stereocenters. The number of benzene rings is 1. The van der Waals surface area contributed by atoms with Crippen LogP contribution in [-0.2, 0) is 6.42 Å². The molecule has 1 aromatic heterocycles. The highest BCUT2D eigenvalue weighted by molar-refractivity contribution is 14.1. The summed E-state index contributed by atoms with van der Waals surface area (Å²) in [5.74, 6) is 0.627. The van der Waals surface area contributed by atoms with E-state index in [4.69, 9.17) is 0 Å². The number of aromatic nitrogens is 2. The number of anilines is 2. The van der Waals surface area contributed by atoms with Gasteiger partial charge < -0.3 is 5.32 Å². The fraction of sp³-hybridized carbons (Fsp3) is 0.167. The molecule has 1 N–H and O–H groups in total. The average molecular weight is 404 g/mol. The van der Waals surface area contributed by atoms with E-state index in [1.165, 1.54) is 5.56 Å². The molecule has 88 valence electrons. The molecule has 1 aromatic carbocycles. The van der Waals surface area contributed by atoms with E-state index in [1.807, 2.05) is 12.1 Å². The second-order valence-corrected chi connectivity index (χ2v) is 5.67. The van der Waals surface area contributed by atoms with Crippen molar-refractivity contribution in [3.63, 3.8) is 0 Å². The van der Waals surface area contributed by atoms with E-state index < -0.39 is 0 Å². The van der Waals surface area contributed by atoms with E-state index in [0.717, 1.165) is 20.2 Å². The Balaban J connectivity index is 2.26. The van der Waals surface area contributed by atoms with Crippen molar-refractivity contribution in [2.75, 3.05) is 5.32 Å². The molecule has 2 aromatic rings. The molecule has 3 nitrogen and oxygen atoms in total. The fourth-order valence-electron chi connectivity index (χ4n) is 1.47. The monoisotopic (exact) mass is 403 g/mol. The molecule has 2 rings (SSSR count). The van der Waals surface area contributed by atoms with Crippen LogP contribution in [0.4, 0.5) is 11.6 Å². The van der Waals surface area contributed by atoms with E-state index in [0.29, 0.717) is 5.95 Å². The van der Waals surface area contributed by atoms with Gasteiger partial charge >= 0.3 is 0 Å². The summed E-state index contributed by atoms with van der Waals surface area (Å²) in [7, 11) is 0. The van der Waals surface area contributed by atoms with Gasteiger partial charge in [-0.15, -0.1) is 0 Å². The topological polar surface area (TPSA) is 37.8 Å². The van der Waals surface area contributed by atoms with Gasteiger partial charge in [-0.2, -0.15) is 0 Å². The van der Waals surface area contributed by atoms with Gasteiger partial charge in [0.05, 0.1) is 0 Å². The number of halogens is 2. The van der Waals surface area contributed by atoms with Gasteiger partial charge in [0.25, 0.3) is 0 Å². The molecule has 0 saturated carbocycles. The smallest absolute Gasteiger partial charge is 0.227 e. The molecule has 0 amide bonds. The van der Waals surface area contributed by atoms with E-state index >= 15 is 0 Å². The maximum atomic E-state index is 4.23. The predicted octanol–water partition coefficient (Wildman–Crippen LogP) is 4.15. The van der Waals surface area contributed by atoms with Crippen LogP contribution in [0.5, 0.6) is 0 Å². The van der Waals surface area contributed by atoms with Crippen LogP contribution in [0.3, 0.4) is 0 Å². The van der Waals surface area contributed by atoms with Gasteiger partial charge in [0.2, 0.25) is 5.95 Å². The summed E-state index contributed by atoms with van der Waals surface area (Å²) in [4.78, 5) is 8.46. The summed E-state index contributed by atoms with van der Waals surface area (Å²) >= 11 is 5.66. The standard InChI is InChI=1S/C12H11BrIN3/c1-2-8-5-9(13)3-4-11(8)17-12-15-6-10(14)7-16-12/h3-7H,2H2,1H3,(H,15,16,17). The van der Waals surface area contributed by atoms with Crippen LogP contribution in [0.15, 0.2) is 35.1 Å². The lowest BCUT2D eigenvalue weighted by atomic mass is 10.1. The number of aryl methyl sites for hydroxylation is 1. The van der Waals surface area contributed by atoms with Gasteiger partial charge in [-0.25, -0.2) is 9.97 Å². The maximum Gasteiger partial charge on any atom is 0.227 e. The molecule has 5 heteroatoms. The van der Waals surface area contributed by atoms with E-state index in [1.54, 1.807) is 12.4 Å². The Morgan fingerprint density at radius 3 is 2.65 bits per heavy atom. The van der Waals surface area contributed by atoms with Crippen molar-refractivity contribution in [3.8, 4) is 0 Å². The molecule has 0 radical (unpaired) electrons. The lowest BCUT2D eigenvalue weighted by molar-refractivity contribution is 1.11. The Hall–Kier alpha value is -0.690. The number of hydrogen-bond acceptors (Lipinski definition) is 3. The molecule has 0 aliphatic heterocycles. The number of nitrogens with one attached hydrogen (secondary N) is 1. The third-order valence-electron chi connectivity index (χ3n) is 2.31. The Labute approximate surface area is 122 Å². The number of hydrogen-bond donors (Lipinski definition) is 1. The van der Waals surface area contributed by atoms with Crippen LogP contribution in [0.2, 0.25) is 0 Å². The second-order valence-electron chi connectivity index (χ2n) is 3.50. The molecule has 0 saturated heterocycles. The molecular weight excluding hydrogens is 393 g/mol. The van der Waals surface area contributed by atoms with Gasteiger partial charge in [-0.1, -0.05) is 22.9 Å². The van der Waals surface area contributed by atoms with E-state index in [-0.39, 0.29) is 0 Å². The van der Waals surface area contributed by atoms with Crippen LogP contribution in [0.25, 0.3) is 0 Å². The lowest BCUT2D eigenvalue weighted by Gasteiger charge is -2.09. The van der Waals surface area contributed by atoms with E-state index in [9.17, 15) is 0 Å². The first-order chi connectivity index (χ1) is 8.19. The molecule has 0 bridgehead atoms. The van der Waals surface area contributed by atoms with Crippen LogP contribution in [0, 0.1) is 3.57 Å². The van der Waals surface area contributed by atoms with Crippen molar-refractivity contribution in [1.29, 1.82) is 0 Å². The SMILES string of the molecule is CCc1cc(Br)ccc1Nc1ncc(I)cn1. The van der Waals surface area contributed by atoms with Gasteiger partial charge in [0.1, 0.15) is 0 Å². The summed E-state index contributed by atoms with van der Waals surface area (Å²) in [6.45, 7) is 2.13. The zero-order valence-electron chi connectivity index (χ0n) is 9.24.